The van der Waals surface area contributed by atoms with Crippen LogP contribution < -0.4 is 4.90 Å². The summed E-state index contributed by atoms with van der Waals surface area (Å²) in [6.07, 6.45) is 8.03. The number of para-hydroxylation sites is 1. The van der Waals surface area contributed by atoms with Crippen molar-refractivity contribution in [1.82, 2.24) is 0 Å². The van der Waals surface area contributed by atoms with Crippen molar-refractivity contribution in [2.24, 2.45) is 0 Å². The van der Waals surface area contributed by atoms with Gasteiger partial charge in [-0.05, 0) is 62.2 Å². The van der Waals surface area contributed by atoms with Crippen molar-refractivity contribution in [2.75, 3.05) is 4.90 Å². The molecular weight excluding hydrogens is 266 g/mol. The average molecular weight is 289 g/mol. The highest BCUT2D eigenvalue weighted by atomic mass is 15.1. The predicted octanol–water partition coefficient (Wildman–Crippen LogP) is 6.09. The van der Waals surface area contributed by atoms with Crippen LogP contribution in [0.15, 0.2) is 85.1 Å². The number of nitrogens with zero attached hydrogens (tertiary/aromatic N) is 1. The van der Waals surface area contributed by atoms with E-state index in [0.29, 0.717) is 0 Å². The summed E-state index contributed by atoms with van der Waals surface area (Å²) in [5.41, 5.74) is 5.91. The molecule has 0 bridgehead atoms. The quantitative estimate of drug-likeness (QED) is 0.602. The maximum atomic E-state index is 3.86. The molecule has 0 heterocycles. The molecule has 0 saturated carbocycles. The molecule has 0 aliphatic heterocycles. The van der Waals surface area contributed by atoms with Gasteiger partial charge in [-0.1, -0.05) is 49.1 Å². The summed E-state index contributed by atoms with van der Waals surface area (Å²) in [5.74, 6) is 0. The second-order valence-electron chi connectivity index (χ2n) is 5.29. The smallest absolute Gasteiger partial charge is 0.0490 e. The van der Waals surface area contributed by atoms with Crippen molar-refractivity contribution in [3.05, 3.63) is 96.2 Å². The molecule has 0 aromatic heterocycles. The summed E-state index contributed by atoms with van der Waals surface area (Å²) in [6.45, 7) is 10.1. The Hall–Kier alpha value is -2.54. The number of rotatable bonds is 5. The number of aryl methyl sites for hydroxylation is 2. The normalized spacial score (nSPS) is 11.7. The summed E-state index contributed by atoms with van der Waals surface area (Å²) in [6, 6.07) is 17.0. The van der Waals surface area contributed by atoms with E-state index in [2.05, 4.69) is 86.0 Å². The van der Waals surface area contributed by atoms with Crippen molar-refractivity contribution in [1.29, 1.82) is 0 Å². The highest BCUT2D eigenvalue weighted by molar-refractivity contribution is 5.73. The summed E-state index contributed by atoms with van der Waals surface area (Å²) in [5, 5.41) is 0. The number of benzene rings is 2. The molecule has 2 aromatic carbocycles. The van der Waals surface area contributed by atoms with Crippen LogP contribution in [0.1, 0.15) is 18.1 Å². The van der Waals surface area contributed by atoms with Crippen LogP contribution in [0.3, 0.4) is 0 Å². The molecule has 0 saturated heterocycles. The van der Waals surface area contributed by atoms with Crippen LogP contribution in [0.4, 0.5) is 11.4 Å². The largest absolute Gasteiger partial charge is 0.310 e. The van der Waals surface area contributed by atoms with Gasteiger partial charge in [0.2, 0.25) is 0 Å². The summed E-state index contributed by atoms with van der Waals surface area (Å²) in [7, 11) is 0. The predicted molar refractivity (Wildman–Crippen MR) is 97.6 cm³/mol. The Bertz CT molecular complexity index is 707. The van der Waals surface area contributed by atoms with Crippen LogP contribution >= 0.6 is 0 Å². The molecule has 0 amide bonds. The third-order valence-electron chi connectivity index (χ3n) is 3.50. The van der Waals surface area contributed by atoms with Crippen molar-refractivity contribution < 1.29 is 0 Å². The lowest BCUT2D eigenvalue weighted by molar-refractivity contribution is 1.18. The van der Waals surface area contributed by atoms with Gasteiger partial charge in [0.25, 0.3) is 0 Å². The first-order chi connectivity index (χ1) is 10.7. The second kappa shape index (κ2) is 7.46. The van der Waals surface area contributed by atoms with E-state index in [-0.39, 0.29) is 0 Å². The SMILES string of the molecule is C=C/C=C(\C=C/C)N(c1cccc(C)c1)c1ccccc1C. The monoisotopic (exact) mass is 289 g/mol. The van der Waals surface area contributed by atoms with Gasteiger partial charge in [-0.15, -0.1) is 0 Å². The molecule has 0 fully saturated rings. The average Bonchev–Trinajstić information content (AvgIpc) is 2.50. The van der Waals surface area contributed by atoms with Crippen LogP contribution in [0.5, 0.6) is 0 Å². The Balaban J connectivity index is 2.66. The van der Waals surface area contributed by atoms with E-state index in [1.54, 1.807) is 0 Å². The number of allylic oxidation sites excluding steroid dienone is 4. The molecular formula is C21H23N. The Morgan fingerprint density at radius 2 is 1.82 bits per heavy atom. The lowest BCUT2D eigenvalue weighted by Crippen LogP contribution is -2.16. The molecule has 0 radical (unpaired) electrons. The Kier molecular flexibility index (Phi) is 5.37. The highest BCUT2D eigenvalue weighted by Crippen LogP contribution is 2.33. The minimum atomic E-state index is 1.09. The van der Waals surface area contributed by atoms with Crippen LogP contribution in [-0.4, -0.2) is 0 Å². The van der Waals surface area contributed by atoms with E-state index in [1.807, 2.05) is 19.1 Å². The number of hydrogen-bond acceptors (Lipinski definition) is 1. The topological polar surface area (TPSA) is 3.24 Å². The van der Waals surface area contributed by atoms with E-state index in [9.17, 15) is 0 Å². The molecule has 0 unspecified atom stereocenters. The Labute approximate surface area is 133 Å². The zero-order chi connectivity index (χ0) is 15.9. The number of hydrogen-bond donors (Lipinski definition) is 0. The van der Waals surface area contributed by atoms with Crippen molar-refractivity contribution in [3.63, 3.8) is 0 Å². The molecule has 1 nitrogen and oxygen atoms in total. The van der Waals surface area contributed by atoms with E-state index < -0.39 is 0 Å². The minimum Gasteiger partial charge on any atom is -0.310 e. The fourth-order valence-electron chi connectivity index (χ4n) is 2.50. The molecule has 112 valence electrons. The van der Waals surface area contributed by atoms with Crippen LogP contribution in [0.25, 0.3) is 0 Å². The zero-order valence-corrected chi connectivity index (χ0v) is 13.6. The third kappa shape index (κ3) is 3.56. The van der Waals surface area contributed by atoms with E-state index >= 15 is 0 Å². The van der Waals surface area contributed by atoms with Gasteiger partial charge in [-0.3, -0.25) is 0 Å². The summed E-state index contributed by atoms with van der Waals surface area (Å²) < 4.78 is 0. The second-order valence-corrected chi connectivity index (χ2v) is 5.29. The lowest BCUT2D eigenvalue weighted by Gasteiger charge is -2.28. The molecule has 1 heteroatoms. The lowest BCUT2D eigenvalue weighted by atomic mass is 10.1. The minimum absolute atomic E-state index is 1.09. The zero-order valence-electron chi connectivity index (χ0n) is 13.6. The van der Waals surface area contributed by atoms with Gasteiger partial charge >= 0.3 is 0 Å². The highest BCUT2D eigenvalue weighted by Gasteiger charge is 2.14. The number of anilines is 2. The molecule has 0 spiro atoms. The standard InChI is InChI=1S/C21H23N/c1-5-10-19(11-6-2)22(20-14-9-12-17(3)16-20)21-15-8-7-13-18(21)4/h5-16H,1H2,2-4H3/b11-6-,19-10+. The fourth-order valence-corrected chi connectivity index (χ4v) is 2.50. The first-order valence-electron chi connectivity index (χ1n) is 7.55. The molecule has 2 rings (SSSR count). The summed E-state index contributed by atoms with van der Waals surface area (Å²) in [4.78, 5) is 2.27. The Morgan fingerprint density at radius 3 is 2.45 bits per heavy atom. The maximum absolute atomic E-state index is 3.86. The first kappa shape index (κ1) is 15.8. The van der Waals surface area contributed by atoms with Gasteiger partial charge in [0.05, 0.1) is 0 Å². The first-order valence-corrected chi connectivity index (χ1v) is 7.55. The van der Waals surface area contributed by atoms with E-state index in [1.165, 1.54) is 16.8 Å². The maximum Gasteiger partial charge on any atom is 0.0490 e. The van der Waals surface area contributed by atoms with Crippen LogP contribution in [0.2, 0.25) is 0 Å². The molecule has 0 aliphatic rings. The van der Waals surface area contributed by atoms with Gasteiger partial charge in [-0.2, -0.15) is 0 Å². The van der Waals surface area contributed by atoms with Gasteiger partial charge in [0.15, 0.2) is 0 Å². The van der Waals surface area contributed by atoms with Crippen molar-refractivity contribution in [2.45, 2.75) is 20.8 Å². The van der Waals surface area contributed by atoms with Gasteiger partial charge in [-0.25, -0.2) is 0 Å². The van der Waals surface area contributed by atoms with Crippen LogP contribution in [-0.2, 0) is 0 Å². The van der Waals surface area contributed by atoms with E-state index in [4.69, 9.17) is 0 Å². The molecule has 0 atom stereocenters. The van der Waals surface area contributed by atoms with Crippen molar-refractivity contribution >= 4 is 11.4 Å². The Morgan fingerprint density at radius 1 is 1.05 bits per heavy atom. The van der Waals surface area contributed by atoms with Gasteiger partial charge in [0, 0.05) is 17.1 Å². The molecule has 0 aliphatic carbocycles. The van der Waals surface area contributed by atoms with Gasteiger partial charge < -0.3 is 4.90 Å². The molecule has 2 aromatic rings. The molecule has 0 N–H and O–H groups in total. The van der Waals surface area contributed by atoms with E-state index in [0.717, 1.165) is 11.4 Å². The van der Waals surface area contributed by atoms with Crippen molar-refractivity contribution in [3.8, 4) is 0 Å². The fraction of sp³-hybridized carbons (Fsp3) is 0.143. The third-order valence-corrected chi connectivity index (χ3v) is 3.50. The summed E-state index contributed by atoms with van der Waals surface area (Å²) >= 11 is 0. The van der Waals surface area contributed by atoms with Gasteiger partial charge in [0.1, 0.15) is 0 Å². The molecule has 22 heavy (non-hydrogen) atoms. The van der Waals surface area contributed by atoms with Crippen LogP contribution in [0, 0.1) is 13.8 Å².